The molecule has 14 heteroatoms. The first kappa shape index (κ1) is 35.0. The van der Waals surface area contributed by atoms with Crippen molar-refractivity contribution in [1.82, 2.24) is 30.9 Å². The molecule has 1 saturated heterocycles. The molecule has 2 amide bonds. The van der Waals surface area contributed by atoms with E-state index in [0.717, 1.165) is 12.0 Å². The van der Waals surface area contributed by atoms with Gasteiger partial charge in [0.25, 0.3) is 5.91 Å². The minimum atomic E-state index is -0.478. The molecule has 4 heterocycles. The summed E-state index contributed by atoms with van der Waals surface area (Å²) in [5.41, 5.74) is 4.17. The number of carbonyl (C=O) groups excluding carboxylic acids is 2. The molecule has 11 nitrogen and oxygen atoms in total. The quantitative estimate of drug-likeness (QED) is 0.117. The van der Waals surface area contributed by atoms with Crippen LogP contribution in [0.1, 0.15) is 40.9 Å². The molecule has 1 fully saturated rings. The van der Waals surface area contributed by atoms with Crippen LogP contribution in [0.4, 0.5) is 10.1 Å². The maximum Gasteiger partial charge on any atom is 0.274 e. The predicted molar refractivity (Wildman–Crippen MR) is 183 cm³/mol. The molecule has 0 aliphatic carbocycles. The molecule has 4 aromatic rings. The van der Waals surface area contributed by atoms with Crippen LogP contribution in [0.5, 0.6) is 11.6 Å². The van der Waals surface area contributed by atoms with Gasteiger partial charge in [0.05, 0.1) is 54.2 Å². The van der Waals surface area contributed by atoms with E-state index in [1.54, 1.807) is 43.6 Å². The number of alkyl halides is 1. The fourth-order valence-corrected chi connectivity index (χ4v) is 5.89. The second kappa shape index (κ2) is 16.6. The number of hydrogen-bond acceptors (Lipinski definition) is 9. The fourth-order valence-electron chi connectivity index (χ4n) is 5.31. The second-order valence-electron chi connectivity index (χ2n) is 11.0. The standard InChI is InChI=1S/C34H36Cl2FN7O4/c1-47-28-19-41-27(15-21(28)17-38-13-4-12-37)33(46)43-26-6-3-5-24(30(26)35)32-31(36)23(11-14-40-32)25-9-7-20(34(44-25)48-2)16-39-18-22-8-10-29(45)42-22/h3,5-7,9,11,14-15,19,22,38-39H,4,8,10,12-13,16-18H2,1-2H3,(H,42,45)(H,43,46)/t22-/m1/s1. The minimum Gasteiger partial charge on any atom is -0.495 e. The van der Waals surface area contributed by atoms with Gasteiger partial charge in [0.2, 0.25) is 11.8 Å². The van der Waals surface area contributed by atoms with Gasteiger partial charge in [-0.3, -0.25) is 19.0 Å². The van der Waals surface area contributed by atoms with Gasteiger partial charge in [-0.1, -0.05) is 41.4 Å². The zero-order valence-electron chi connectivity index (χ0n) is 26.5. The number of aromatic nitrogens is 3. The van der Waals surface area contributed by atoms with Crippen molar-refractivity contribution in [2.24, 2.45) is 0 Å². The van der Waals surface area contributed by atoms with Gasteiger partial charge in [-0.25, -0.2) is 9.97 Å². The maximum absolute atomic E-state index is 13.3. The lowest BCUT2D eigenvalue weighted by Gasteiger charge is -2.15. The Hall–Kier alpha value is -4.36. The summed E-state index contributed by atoms with van der Waals surface area (Å²) in [4.78, 5) is 38.2. The first-order valence-corrected chi connectivity index (χ1v) is 16.2. The highest BCUT2D eigenvalue weighted by Gasteiger charge is 2.22. The largest absolute Gasteiger partial charge is 0.495 e. The van der Waals surface area contributed by atoms with E-state index in [0.29, 0.717) is 89.4 Å². The Morgan fingerprint density at radius 2 is 1.85 bits per heavy atom. The summed E-state index contributed by atoms with van der Waals surface area (Å²) in [6, 6.07) is 12.4. The lowest BCUT2D eigenvalue weighted by molar-refractivity contribution is -0.119. The van der Waals surface area contributed by atoms with Crippen molar-refractivity contribution in [3.63, 3.8) is 0 Å². The van der Waals surface area contributed by atoms with Crippen LogP contribution in [0, 0.1) is 0 Å². The van der Waals surface area contributed by atoms with E-state index in [-0.39, 0.29) is 22.7 Å². The number of amides is 2. The Kier molecular flexibility index (Phi) is 12.1. The van der Waals surface area contributed by atoms with E-state index < -0.39 is 12.6 Å². The summed E-state index contributed by atoms with van der Waals surface area (Å²) in [5.74, 6) is 0.550. The first-order chi connectivity index (χ1) is 23.3. The van der Waals surface area contributed by atoms with E-state index in [4.69, 9.17) is 37.7 Å². The highest BCUT2D eigenvalue weighted by Crippen LogP contribution is 2.40. The van der Waals surface area contributed by atoms with Gasteiger partial charge >= 0.3 is 0 Å². The van der Waals surface area contributed by atoms with Gasteiger partial charge in [0.1, 0.15) is 11.4 Å². The Bertz CT molecular complexity index is 1780. The maximum atomic E-state index is 13.3. The Morgan fingerprint density at radius 1 is 1.02 bits per heavy atom. The zero-order valence-corrected chi connectivity index (χ0v) is 28.1. The van der Waals surface area contributed by atoms with Crippen LogP contribution in [0.15, 0.2) is 54.9 Å². The Labute approximate surface area is 288 Å². The average molecular weight is 697 g/mol. The molecule has 0 saturated carbocycles. The fraction of sp³-hybridized carbons (Fsp3) is 0.324. The molecule has 0 unspecified atom stereocenters. The number of nitrogens with zero attached hydrogens (tertiary/aromatic N) is 3. The van der Waals surface area contributed by atoms with E-state index in [1.165, 1.54) is 13.3 Å². The molecule has 1 atom stereocenters. The van der Waals surface area contributed by atoms with Crippen molar-refractivity contribution in [2.45, 2.75) is 38.4 Å². The molecule has 1 aliphatic rings. The highest BCUT2D eigenvalue weighted by atomic mass is 35.5. The molecule has 3 aromatic heterocycles. The number of benzene rings is 1. The molecule has 48 heavy (non-hydrogen) atoms. The number of methoxy groups -OCH3 is 2. The predicted octanol–water partition coefficient (Wildman–Crippen LogP) is 5.60. The lowest BCUT2D eigenvalue weighted by Crippen LogP contribution is -2.35. The van der Waals surface area contributed by atoms with E-state index in [1.807, 2.05) is 12.1 Å². The van der Waals surface area contributed by atoms with Crippen LogP contribution >= 0.6 is 23.2 Å². The molecule has 1 aliphatic heterocycles. The molecule has 1 aromatic carbocycles. The SMILES string of the molecule is COc1cnc(C(=O)Nc2cccc(-c3nccc(-c4ccc(CNC[C@H]5CCC(=O)N5)c(OC)n4)c3Cl)c2Cl)cc1CNCCCF. The van der Waals surface area contributed by atoms with Gasteiger partial charge in [0.15, 0.2) is 0 Å². The number of halogens is 3. The van der Waals surface area contributed by atoms with E-state index >= 15 is 0 Å². The van der Waals surface area contributed by atoms with Gasteiger partial charge in [-0.05, 0) is 43.7 Å². The molecule has 252 valence electrons. The van der Waals surface area contributed by atoms with Crippen LogP contribution in [0.25, 0.3) is 22.5 Å². The van der Waals surface area contributed by atoms with Crippen molar-refractivity contribution in [2.75, 3.05) is 39.3 Å². The summed E-state index contributed by atoms with van der Waals surface area (Å²) < 4.78 is 23.4. The Balaban J connectivity index is 1.33. The van der Waals surface area contributed by atoms with Crippen LogP contribution in [0.3, 0.4) is 0 Å². The topological polar surface area (TPSA) is 139 Å². The third kappa shape index (κ3) is 8.37. The summed E-state index contributed by atoms with van der Waals surface area (Å²) in [6.07, 6.45) is 4.83. The van der Waals surface area contributed by atoms with Crippen molar-refractivity contribution in [1.29, 1.82) is 0 Å². The number of carbonyl (C=O) groups is 2. The van der Waals surface area contributed by atoms with Gasteiger partial charge in [-0.15, -0.1) is 0 Å². The van der Waals surface area contributed by atoms with Crippen molar-refractivity contribution in [3.05, 3.63) is 81.7 Å². The molecule has 0 radical (unpaired) electrons. The summed E-state index contributed by atoms with van der Waals surface area (Å²) in [7, 11) is 3.07. The number of ether oxygens (including phenoxy) is 2. The van der Waals surface area contributed by atoms with Crippen molar-refractivity contribution < 1.29 is 23.5 Å². The van der Waals surface area contributed by atoms with Gasteiger partial charge < -0.3 is 30.7 Å². The molecular weight excluding hydrogens is 660 g/mol. The van der Waals surface area contributed by atoms with Crippen molar-refractivity contribution in [3.8, 4) is 34.1 Å². The van der Waals surface area contributed by atoms with Crippen molar-refractivity contribution >= 4 is 40.7 Å². The van der Waals surface area contributed by atoms with Crippen LogP contribution in [0.2, 0.25) is 10.0 Å². The molecular formula is C34H36Cl2FN7O4. The third-order valence-electron chi connectivity index (χ3n) is 7.79. The number of pyridine rings is 3. The molecule has 5 rings (SSSR count). The number of nitrogens with one attached hydrogen (secondary N) is 4. The first-order valence-electron chi connectivity index (χ1n) is 15.4. The zero-order chi connectivity index (χ0) is 34.0. The normalized spacial score (nSPS) is 14.1. The summed E-state index contributed by atoms with van der Waals surface area (Å²) in [5, 5.41) is 12.8. The number of hydrogen-bond donors (Lipinski definition) is 4. The average Bonchev–Trinajstić information content (AvgIpc) is 3.52. The van der Waals surface area contributed by atoms with Gasteiger partial charge in [-0.2, -0.15) is 0 Å². The smallest absolute Gasteiger partial charge is 0.274 e. The van der Waals surface area contributed by atoms with Crippen LogP contribution in [-0.2, 0) is 17.9 Å². The van der Waals surface area contributed by atoms with Crippen LogP contribution in [-0.4, -0.2) is 66.8 Å². The van der Waals surface area contributed by atoms with Gasteiger partial charge in [0, 0.05) is 60.5 Å². The van der Waals surface area contributed by atoms with E-state index in [2.05, 4.69) is 31.2 Å². The third-order valence-corrected chi connectivity index (χ3v) is 8.58. The minimum absolute atomic E-state index is 0.0774. The summed E-state index contributed by atoms with van der Waals surface area (Å²) >= 11 is 13.8. The molecule has 4 N–H and O–H groups in total. The number of anilines is 1. The summed E-state index contributed by atoms with van der Waals surface area (Å²) in [6.45, 7) is 1.61. The monoisotopic (exact) mass is 695 g/mol. The lowest BCUT2D eigenvalue weighted by atomic mass is 10.1. The van der Waals surface area contributed by atoms with E-state index in [9.17, 15) is 14.0 Å². The highest BCUT2D eigenvalue weighted by molar-refractivity contribution is 6.39. The Morgan fingerprint density at radius 3 is 2.60 bits per heavy atom. The molecule has 0 spiro atoms. The van der Waals surface area contributed by atoms with Crippen LogP contribution < -0.4 is 30.7 Å². The number of rotatable bonds is 15. The molecule has 0 bridgehead atoms. The second-order valence-corrected chi connectivity index (χ2v) is 11.8.